The summed E-state index contributed by atoms with van der Waals surface area (Å²) >= 11 is 0. The van der Waals surface area contributed by atoms with Crippen molar-refractivity contribution in [1.29, 1.82) is 0 Å². The minimum Gasteiger partial charge on any atom is -0.368 e. The molecule has 9 nitrogen and oxygen atoms in total. The smallest absolute Gasteiger partial charge is 0.259 e. The molecule has 4 aliphatic rings. The summed E-state index contributed by atoms with van der Waals surface area (Å²) in [5.74, 6) is 0.854. The van der Waals surface area contributed by atoms with Gasteiger partial charge in [0, 0.05) is 44.0 Å². The molecule has 1 amide bonds. The number of nitrogens with one attached hydrogen (secondary N) is 3. The molecule has 1 saturated heterocycles. The molecule has 0 aromatic carbocycles. The first kappa shape index (κ1) is 21.6. The first-order valence-corrected chi connectivity index (χ1v) is 11.8. The number of guanidine groups is 1. The van der Waals surface area contributed by atoms with Crippen LogP contribution in [0.4, 0.5) is 11.5 Å². The number of aromatic nitrogens is 1. The van der Waals surface area contributed by atoms with E-state index in [4.69, 9.17) is 0 Å². The van der Waals surface area contributed by atoms with Crippen LogP contribution in [-0.2, 0) is 9.59 Å². The number of anilines is 2. The molecule has 0 bridgehead atoms. The molecule has 1 atom stereocenters. The number of amides is 1. The zero-order valence-corrected chi connectivity index (χ0v) is 19.2. The van der Waals surface area contributed by atoms with Gasteiger partial charge in [0.05, 0.1) is 17.5 Å². The van der Waals surface area contributed by atoms with Gasteiger partial charge in [-0.05, 0) is 44.4 Å². The number of piperazine rings is 1. The average molecular weight is 450 g/mol. The number of Topliss-reactive ketones (excluding diaryl/α,β-unsaturated/α-hetero) is 1. The SMILES string of the molecule is CC(=O)C1=C(C)C2=CN=C(Nc3ccc(N4CCNCC4)cn3)NC2N(C2CCCC2)C1=O. The Hall–Kier alpha value is -3.20. The van der Waals surface area contributed by atoms with Crippen molar-refractivity contribution >= 4 is 29.2 Å². The molecule has 4 heterocycles. The summed E-state index contributed by atoms with van der Waals surface area (Å²) in [4.78, 5) is 38.9. The molecule has 1 aliphatic carbocycles. The topological polar surface area (TPSA) is 102 Å². The highest BCUT2D eigenvalue weighted by molar-refractivity contribution is 6.20. The van der Waals surface area contributed by atoms with Crippen LogP contribution in [0.15, 0.2) is 46.2 Å². The highest BCUT2D eigenvalue weighted by atomic mass is 16.2. The van der Waals surface area contributed by atoms with E-state index >= 15 is 0 Å². The van der Waals surface area contributed by atoms with Crippen LogP contribution in [0.2, 0.25) is 0 Å². The van der Waals surface area contributed by atoms with Crippen LogP contribution in [0.25, 0.3) is 0 Å². The number of hydrogen-bond donors (Lipinski definition) is 3. The Bertz CT molecular complexity index is 1030. The van der Waals surface area contributed by atoms with Crippen LogP contribution in [0.1, 0.15) is 39.5 Å². The molecule has 9 heteroatoms. The molecule has 1 aromatic rings. The molecule has 1 aromatic heterocycles. The number of aliphatic imine (C=N–C) groups is 1. The van der Waals surface area contributed by atoms with E-state index < -0.39 is 0 Å². The maximum Gasteiger partial charge on any atom is 0.259 e. The second kappa shape index (κ2) is 8.97. The number of pyridine rings is 1. The molecule has 3 aliphatic heterocycles. The molecular weight excluding hydrogens is 418 g/mol. The fourth-order valence-corrected chi connectivity index (χ4v) is 5.26. The van der Waals surface area contributed by atoms with E-state index in [1.165, 1.54) is 6.92 Å². The lowest BCUT2D eigenvalue weighted by Gasteiger charge is -2.43. The van der Waals surface area contributed by atoms with Gasteiger partial charge < -0.3 is 25.8 Å². The Labute approximate surface area is 194 Å². The third-order valence-electron chi connectivity index (χ3n) is 6.98. The lowest BCUT2D eigenvalue weighted by Crippen LogP contribution is -2.60. The van der Waals surface area contributed by atoms with Crippen molar-refractivity contribution in [2.45, 2.75) is 51.7 Å². The molecule has 0 spiro atoms. The predicted octanol–water partition coefficient (Wildman–Crippen LogP) is 1.76. The Kier molecular flexibility index (Phi) is 5.88. The van der Waals surface area contributed by atoms with Crippen LogP contribution < -0.4 is 20.9 Å². The van der Waals surface area contributed by atoms with E-state index in [1.807, 2.05) is 24.1 Å². The van der Waals surface area contributed by atoms with Crippen LogP contribution in [-0.4, -0.2) is 65.9 Å². The Morgan fingerprint density at radius 1 is 1.18 bits per heavy atom. The van der Waals surface area contributed by atoms with Gasteiger partial charge in [-0.15, -0.1) is 0 Å². The summed E-state index contributed by atoms with van der Waals surface area (Å²) in [5.41, 5.74) is 2.97. The van der Waals surface area contributed by atoms with Crippen molar-refractivity contribution in [3.05, 3.63) is 41.2 Å². The van der Waals surface area contributed by atoms with Crippen molar-refractivity contribution in [2.75, 3.05) is 36.4 Å². The summed E-state index contributed by atoms with van der Waals surface area (Å²) in [6.07, 6.45) is 7.41. The maximum atomic E-state index is 13.4. The van der Waals surface area contributed by atoms with Gasteiger partial charge in [-0.25, -0.2) is 9.98 Å². The first-order chi connectivity index (χ1) is 16.0. The number of rotatable bonds is 4. The van der Waals surface area contributed by atoms with Crippen molar-refractivity contribution in [2.24, 2.45) is 4.99 Å². The molecule has 0 radical (unpaired) electrons. The van der Waals surface area contributed by atoms with E-state index in [2.05, 4.69) is 36.9 Å². The summed E-state index contributed by atoms with van der Waals surface area (Å²) < 4.78 is 0. The van der Waals surface area contributed by atoms with Gasteiger partial charge in [-0.2, -0.15) is 0 Å². The highest BCUT2D eigenvalue weighted by Crippen LogP contribution is 2.36. The highest BCUT2D eigenvalue weighted by Gasteiger charge is 2.43. The van der Waals surface area contributed by atoms with Gasteiger partial charge in [-0.1, -0.05) is 12.8 Å². The number of ketones is 1. The second-order valence-electron chi connectivity index (χ2n) is 9.08. The van der Waals surface area contributed by atoms with Crippen LogP contribution in [0.3, 0.4) is 0 Å². The molecule has 174 valence electrons. The normalized spacial score (nSPS) is 23.7. The number of fused-ring (bicyclic) bond motifs is 1. The minimum atomic E-state index is -0.344. The maximum absolute atomic E-state index is 13.4. The molecule has 1 unspecified atom stereocenters. The molecular formula is C24H31N7O2. The lowest BCUT2D eigenvalue weighted by molar-refractivity contribution is -0.134. The van der Waals surface area contributed by atoms with Gasteiger partial charge >= 0.3 is 0 Å². The zero-order chi connectivity index (χ0) is 22.9. The predicted molar refractivity (Wildman–Crippen MR) is 128 cm³/mol. The van der Waals surface area contributed by atoms with E-state index in [-0.39, 0.29) is 29.5 Å². The van der Waals surface area contributed by atoms with E-state index in [0.717, 1.165) is 63.1 Å². The third kappa shape index (κ3) is 4.13. The van der Waals surface area contributed by atoms with Gasteiger partial charge in [0.25, 0.3) is 5.91 Å². The molecule has 2 fully saturated rings. The van der Waals surface area contributed by atoms with E-state index in [1.54, 1.807) is 6.20 Å². The van der Waals surface area contributed by atoms with Gasteiger partial charge in [0.1, 0.15) is 12.0 Å². The molecule has 5 rings (SSSR count). The van der Waals surface area contributed by atoms with Crippen molar-refractivity contribution in [3.8, 4) is 0 Å². The van der Waals surface area contributed by atoms with Crippen molar-refractivity contribution in [3.63, 3.8) is 0 Å². The fourth-order valence-electron chi connectivity index (χ4n) is 5.26. The zero-order valence-electron chi connectivity index (χ0n) is 19.2. The minimum absolute atomic E-state index is 0.122. The van der Waals surface area contributed by atoms with Crippen molar-refractivity contribution < 1.29 is 9.59 Å². The summed E-state index contributed by atoms with van der Waals surface area (Å²) in [6.45, 7) is 7.20. The summed E-state index contributed by atoms with van der Waals surface area (Å²) in [7, 11) is 0. The third-order valence-corrected chi connectivity index (χ3v) is 6.98. The van der Waals surface area contributed by atoms with Crippen LogP contribution in [0, 0.1) is 0 Å². The Morgan fingerprint density at radius 3 is 2.61 bits per heavy atom. The second-order valence-corrected chi connectivity index (χ2v) is 9.08. The summed E-state index contributed by atoms with van der Waals surface area (Å²) in [5, 5.41) is 10.0. The first-order valence-electron chi connectivity index (χ1n) is 11.8. The van der Waals surface area contributed by atoms with Gasteiger partial charge in [-0.3, -0.25) is 9.59 Å². The van der Waals surface area contributed by atoms with Crippen LogP contribution >= 0.6 is 0 Å². The average Bonchev–Trinajstić information content (AvgIpc) is 3.34. The fraction of sp³-hybridized carbons (Fsp3) is 0.500. The van der Waals surface area contributed by atoms with E-state index in [0.29, 0.717) is 17.4 Å². The summed E-state index contributed by atoms with van der Waals surface area (Å²) in [6, 6.07) is 4.13. The lowest BCUT2D eigenvalue weighted by atomic mass is 9.89. The number of carbonyl (C=O) groups excluding carboxylic acids is 2. The monoisotopic (exact) mass is 449 g/mol. The molecule has 1 saturated carbocycles. The molecule has 33 heavy (non-hydrogen) atoms. The van der Waals surface area contributed by atoms with Gasteiger partial charge in [0.2, 0.25) is 5.96 Å². The number of carbonyl (C=O) groups is 2. The number of nitrogens with zero attached hydrogens (tertiary/aromatic N) is 4. The molecule has 3 N–H and O–H groups in total. The number of hydrogen-bond acceptors (Lipinski definition) is 8. The standard InChI is InChI=1S/C24H31N7O2/c1-15-19-14-27-24(28-20-8-7-18(13-26-20)30-11-9-25-10-12-30)29-22(19)31(17-5-3-4-6-17)23(33)21(15)16(2)32/h7-8,13-14,17,22,25H,3-6,9-12H2,1-2H3,(H2,26,27,28,29). The van der Waals surface area contributed by atoms with Crippen LogP contribution in [0.5, 0.6) is 0 Å². The van der Waals surface area contributed by atoms with E-state index in [9.17, 15) is 9.59 Å². The Balaban J connectivity index is 1.38. The van der Waals surface area contributed by atoms with Crippen molar-refractivity contribution in [1.82, 2.24) is 20.5 Å². The quantitative estimate of drug-likeness (QED) is 0.602. The largest absolute Gasteiger partial charge is 0.368 e. The Morgan fingerprint density at radius 2 is 1.94 bits per heavy atom. The van der Waals surface area contributed by atoms with Gasteiger partial charge in [0.15, 0.2) is 5.78 Å².